The topological polar surface area (TPSA) is 92.8 Å². The van der Waals surface area contributed by atoms with Gasteiger partial charge in [-0.15, -0.1) is 0 Å². The van der Waals surface area contributed by atoms with Crippen LogP contribution in [0.1, 0.15) is 122 Å². The third kappa shape index (κ3) is 6.44. The van der Waals surface area contributed by atoms with Crippen molar-refractivity contribution in [2.24, 2.45) is 17.3 Å². The Labute approximate surface area is 246 Å². The average molecular weight is 566 g/mol. The largest absolute Gasteiger partial charge is 0.461 e. The fourth-order valence-corrected chi connectivity index (χ4v) is 8.21. The van der Waals surface area contributed by atoms with Gasteiger partial charge in [0.25, 0.3) is 0 Å². The number of aliphatic hydroxyl groups excluding tert-OH is 2. The van der Waals surface area contributed by atoms with Crippen molar-refractivity contribution in [3.63, 3.8) is 0 Å². The third-order valence-electron chi connectivity index (χ3n) is 10.9. The average Bonchev–Trinajstić information content (AvgIpc) is 3.51. The van der Waals surface area contributed by atoms with Crippen LogP contribution >= 0.6 is 0 Å². The number of aromatic nitrogens is 1. The summed E-state index contributed by atoms with van der Waals surface area (Å²) in [6, 6.07) is 0. The first-order valence-electron chi connectivity index (χ1n) is 16.2. The van der Waals surface area contributed by atoms with Crippen LogP contribution in [-0.2, 0) is 14.9 Å². The standard InChI is InChI=1S/C35H51NO5/c1-5-6-12-32(39)41-31(35(18-19-35)33-36-22-23(2)40-33)11-7-10-27-15-16-29-25(9-8-17-34(27,29)4)13-14-26-20-28(37)21-30(38)24(26)3/h13-14,22,27-31,37-38H,3,5-12,15-21H2,1-2,4H3/b25-13+,26-14-/t27?,28-,29?,30+,31?,34?/m1/s1. The summed E-state index contributed by atoms with van der Waals surface area (Å²) in [6.07, 6.45) is 19.2. The van der Waals surface area contributed by atoms with Crippen molar-refractivity contribution in [1.82, 2.24) is 4.98 Å². The van der Waals surface area contributed by atoms with Gasteiger partial charge < -0.3 is 19.4 Å². The van der Waals surface area contributed by atoms with Crippen LogP contribution < -0.4 is 0 Å². The summed E-state index contributed by atoms with van der Waals surface area (Å²) in [7, 11) is 0. The Bertz CT molecular complexity index is 1160. The molecule has 6 nitrogen and oxygen atoms in total. The summed E-state index contributed by atoms with van der Waals surface area (Å²) < 4.78 is 12.1. The number of aliphatic hydroxyl groups is 2. The molecule has 6 heteroatoms. The Morgan fingerprint density at radius 1 is 1.24 bits per heavy atom. The number of oxazole rings is 1. The number of aryl methyl sites for hydroxylation is 1. The smallest absolute Gasteiger partial charge is 0.306 e. The maximum atomic E-state index is 12.7. The number of carbonyl (C=O) groups excluding carboxylic acids is 1. The van der Waals surface area contributed by atoms with Crippen LogP contribution in [0, 0.1) is 24.2 Å². The molecular weight excluding hydrogens is 514 g/mol. The minimum Gasteiger partial charge on any atom is -0.461 e. The fraction of sp³-hybridized carbons (Fsp3) is 0.714. The Kier molecular flexibility index (Phi) is 9.30. The molecule has 0 radical (unpaired) electrons. The van der Waals surface area contributed by atoms with E-state index in [4.69, 9.17) is 9.15 Å². The van der Waals surface area contributed by atoms with Crippen molar-refractivity contribution >= 4 is 5.97 Å². The van der Waals surface area contributed by atoms with Gasteiger partial charge in [0.05, 0.1) is 23.8 Å². The number of allylic oxidation sites excluding steroid dienone is 3. The second-order valence-electron chi connectivity index (χ2n) is 13.7. The number of nitrogens with zero attached hydrogens (tertiary/aromatic N) is 1. The van der Waals surface area contributed by atoms with Crippen LogP contribution in [0.2, 0.25) is 0 Å². The van der Waals surface area contributed by atoms with Gasteiger partial charge in [0.15, 0.2) is 0 Å². The maximum Gasteiger partial charge on any atom is 0.306 e. The minimum atomic E-state index is -0.645. The van der Waals surface area contributed by atoms with Gasteiger partial charge in [0.2, 0.25) is 5.89 Å². The highest BCUT2D eigenvalue weighted by Crippen LogP contribution is 2.59. The molecule has 1 heterocycles. The van der Waals surface area contributed by atoms with Gasteiger partial charge in [0.1, 0.15) is 11.9 Å². The van der Waals surface area contributed by atoms with Crippen LogP contribution in [0.15, 0.2) is 46.1 Å². The van der Waals surface area contributed by atoms with E-state index in [1.807, 2.05) is 6.92 Å². The normalized spacial score (nSPS) is 33.6. The molecule has 4 saturated carbocycles. The van der Waals surface area contributed by atoms with Crippen molar-refractivity contribution in [2.45, 2.75) is 141 Å². The monoisotopic (exact) mass is 565 g/mol. The van der Waals surface area contributed by atoms with Crippen LogP contribution in [0.25, 0.3) is 0 Å². The molecule has 4 aliphatic carbocycles. The zero-order valence-corrected chi connectivity index (χ0v) is 25.5. The number of carbonyl (C=O) groups is 1. The minimum absolute atomic E-state index is 0.0869. The van der Waals surface area contributed by atoms with Crippen LogP contribution in [0.3, 0.4) is 0 Å². The van der Waals surface area contributed by atoms with E-state index >= 15 is 0 Å². The first-order chi connectivity index (χ1) is 19.7. The van der Waals surface area contributed by atoms with Crippen molar-refractivity contribution in [3.05, 3.63) is 53.3 Å². The molecular formula is C35H51NO5. The summed E-state index contributed by atoms with van der Waals surface area (Å²) in [4.78, 5) is 17.3. The highest BCUT2D eigenvalue weighted by molar-refractivity contribution is 5.69. The first kappa shape index (κ1) is 30.3. The number of esters is 1. The lowest BCUT2D eigenvalue weighted by atomic mass is 9.62. The molecule has 0 aromatic carbocycles. The molecule has 2 N–H and O–H groups in total. The number of unbranched alkanes of at least 4 members (excludes halogenated alkanes) is 1. The number of ether oxygens (including phenoxy) is 1. The SMILES string of the molecule is C=C1/C(=C\C=C2/CCCC3(C)C(CCCC(OC(=O)CCCC)C4(c5ncc(C)o5)CC4)CCC23)C[C@@H](O)C[C@@H]1O. The highest BCUT2D eigenvalue weighted by atomic mass is 16.5. The van der Waals surface area contributed by atoms with Gasteiger partial charge in [0, 0.05) is 12.8 Å². The molecule has 6 atom stereocenters. The lowest BCUT2D eigenvalue weighted by Gasteiger charge is -2.42. The molecule has 41 heavy (non-hydrogen) atoms. The predicted molar refractivity (Wildman–Crippen MR) is 160 cm³/mol. The molecule has 0 bridgehead atoms. The first-order valence-corrected chi connectivity index (χ1v) is 16.2. The highest BCUT2D eigenvalue weighted by Gasteiger charge is 2.56. The summed E-state index contributed by atoms with van der Waals surface area (Å²) in [5, 5.41) is 20.4. The molecule has 4 fully saturated rings. The molecule has 1 aromatic heterocycles. The number of hydrogen-bond donors (Lipinski definition) is 2. The van der Waals surface area contributed by atoms with E-state index in [0.717, 1.165) is 74.2 Å². The number of hydrogen-bond acceptors (Lipinski definition) is 6. The zero-order valence-electron chi connectivity index (χ0n) is 25.5. The van der Waals surface area contributed by atoms with E-state index in [1.54, 1.807) is 6.20 Å². The van der Waals surface area contributed by atoms with E-state index in [-0.39, 0.29) is 22.9 Å². The van der Waals surface area contributed by atoms with E-state index in [0.29, 0.717) is 31.1 Å². The Hall–Kier alpha value is -2.18. The van der Waals surface area contributed by atoms with Crippen molar-refractivity contribution in [2.75, 3.05) is 0 Å². The lowest BCUT2D eigenvalue weighted by Crippen LogP contribution is -2.34. The molecule has 4 aliphatic rings. The molecule has 5 rings (SSSR count). The van der Waals surface area contributed by atoms with Crippen molar-refractivity contribution < 1.29 is 24.2 Å². The second kappa shape index (κ2) is 12.6. The molecule has 4 unspecified atom stereocenters. The van der Waals surface area contributed by atoms with Crippen LogP contribution in [-0.4, -0.2) is 39.5 Å². The van der Waals surface area contributed by atoms with E-state index < -0.39 is 12.2 Å². The molecule has 226 valence electrons. The molecule has 0 spiro atoms. The van der Waals surface area contributed by atoms with E-state index in [1.165, 1.54) is 31.3 Å². The molecule has 0 saturated heterocycles. The van der Waals surface area contributed by atoms with Gasteiger partial charge in [-0.25, -0.2) is 4.98 Å². The van der Waals surface area contributed by atoms with Crippen LogP contribution in [0.4, 0.5) is 0 Å². The lowest BCUT2D eigenvalue weighted by molar-refractivity contribution is -0.152. The molecule has 0 aliphatic heterocycles. The van der Waals surface area contributed by atoms with Crippen molar-refractivity contribution in [1.29, 1.82) is 0 Å². The Balaban J connectivity index is 1.24. The van der Waals surface area contributed by atoms with Gasteiger partial charge in [-0.2, -0.15) is 0 Å². The van der Waals surface area contributed by atoms with Crippen LogP contribution in [0.5, 0.6) is 0 Å². The molecule has 1 aromatic rings. The third-order valence-corrected chi connectivity index (χ3v) is 10.9. The summed E-state index contributed by atoms with van der Waals surface area (Å²) in [5.74, 6) is 2.71. The summed E-state index contributed by atoms with van der Waals surface area (Å²) in [5.41, 5.74) is 3.30. The number of fused-ring (bicyclic) bond motifs is 1. The quantitative estimate of drug-likeness (QED) is 0.271. The zero-order chi connectivity index (χ0) is 29.2. The fourth-order valence-electron chi connectivity index (χ4n) is 8.21. The Morgan fingerprint density at radius 2 is 2.05 bits per heavy atom. The predicted octanol–water partition coefficient (Wildman–Crippen LogP) is 7.43. The van der Waals surface area contributed by atoms with E-state index in [2.05, 4.69) is 37.6 Å². The molecule has 0 amide bonds. The summed E-state index contributed by atoms with van der Waals surface area (Å²) in [6.45, 7) is 10.6. The van der Waals surface area contributed by atoms with Gasteiger partial charge in [-0.05, 0) is 112 Å². The van der Waals surface area contributed by atoms with Gasteiger partial charge in [-0.3, -0.25) is 4.79 Å². The summed E-state index contributed by atoms with van der Waals surface area (Å²) >= 11 is 0. The maximum absolute atomic E-state index is 12.7. The van der Waals surface area contributed by atoms with Gasteiger partial charge in [-0.1, -0.05) is 44.6 Å². The van der Waals surface area contributed by atoms with Crippen molar-refractivity contribution in [3.8, 4) is 0 Å². The Morgan fingerprint density at radius 3 is 2.76 bits per heavy atom. The number of rotatable bonds is 11. The van der Waals surface area contributed by atoms with E-state index in [9.17, 15) is 15.0 Å². The van der Waals surface area contributed by atoms with Gasteiger partial charge >= 0.3 is 5.97 Å². The second-order valence-corrected chi connectivity index (χ2v) is 13.7.